The number of hydrogen-bond donors (Lipinski definition) is 2. The molecule has 1 heterocycles. The average molecular weight is 497 g/mol. The summed E-state index contributed by atoms with van der Waals surface area (Å²) in [6.45, 7) is 9.43. The number of ether oxygens (including phenoxy) is 2. The van der Waals surface area contributed by atoms with Crippen LogP contribution in [-0.4, -0.2) is 55.4 Å². The largest absolute Gasteiger partial charge is 0.491 e. The minimum atomic E-state index is -0.155. The Balaban J connectivity index is 0.00000187. The van der Waals surface area contributed by atoms with E-state index in [0.29, 0.717) is 28.1 Å². The Bertz CT molecular complexity index is 890. The van der Waals surface area contributed by atoms with Crippen LogP contribution >= 0.6 is 23.2 Å². The number of nitrogens with one attached hydrogen (secondary N) is 1. The molecular weight excluding hydrogens is 463 g/mol. The maximum atomic E-state index is 11.4. The van der Waals surface area contributed by atoms with Gasteiger partial charge in [0.15, 0.2) is 0 Å². The number of benzene rings is 2. The van der Waals surface area contributed by atoms with Gasteiger partial charge in [-0.1, -0.05) is 37.0 Å². The van der Waals surface area contributed by atoms with Crippen molar-refractivity contribution >= 4 is 34.8 Å². The Morgan fingerprint density at radius 3 is 2.45 bits per heavy atom. The molecule has 1 aliphatic heterocycles. The van der Waals surface area contributed by atoms with Crippen molar-refractivity contribution in [3.8, 4) is 11.5 Å². The zero-order valence-corrected chi connectivity index (χ0v) is 21.2. The molecule has 1 unspecified atom stereocenters. The first-order chi connectivity index (χ1) is 15.7. The summed E-state index contributed by atoms with van der Waals surface area (Å²) in [4.78, 5) is 13.9. The molecule has 182 valence electrons. The molecule has 1 aliphatic rings. The van der Waals surface area contributed by atoms with Crippen molar-refractivity contribution in [1.29, 1.82) is 0 Å². The van der Waals surface area contributed by atoms with Gasteiger partial charge in [0.1, 0.15) is 17.6 Å². The number of aliphatic hydroxyl groups excluding tert-OH is 1. The van der Waals surface area contributed by atoms with E-state index in [4.69, 9.17) is 37.8 Å². The van der Waals surface area contributed by atoms with Crippen LogP contribution in [0.3, 0.4) is 0 Å². The molecule has 8 heteroatoms. The number of anilines is 1. The van der Waals surface area contributed by atoms with Gasteiger partial charge in [0.25, 0.3) is 0 Å². The number of halogens is 2. The molecule has 2 aromatic carbocycles. The zero-order valence-electron chi connectivity index (χ0n) is 19.7. The van der Waals surface area contributed by atoms with E-state index in [1.807, 2.05) is 24.3 Å². The molecule has 1 fully saturated rings. The molecule has 3 rings (SSSR count). The fourth-order valence-electron chi connectivity index (χ4n) is 3.92. The summed E-state index contributed by atoms with van der Waals surface area (Å²) in [5, 5.41) is 11.0. The Kier molecular flexibility index (Phi) is 10.8. The van der Waals surface area contributed by atoms with Crippen LogP contribution in [0.15, 0.2) is 42.5 Å². The molecule has 0 saturated carbocycles. The molecule has 2 aromatic rings. The van der Waals surface area contributed by atoms with Crippen LogP contribution in [0.25, 0.3) is 0 Å². The van der Waals surface area contributed by atoms with Crippen LogP contribution in [0.5, 0.6) is 11.5 Å². The first kappa shape index (κ1) is 27.3. The quantitative estimate of drug-likeness (QED) is 0.471. The molecule has 33 heavy (non-hydrogen) atoms. The third-order valence-corrected chi connectivity index (χ3v) is 5.92. The molecule has 0 aromatic heterocycles. The van der Waals surface area contributed by atoms with Gasteiger partial charge in [-0.2, -0.15) is 0 Å². The maximum Gasteiger partial charge on any atom is 0.221 e. The lowest BCUT2D eigenvalue weighted by Gasteiger charge is -2.44. The summed E-state index contributed by atoms with van der Waals surface area (Å²) < 4.78 is 12.2. The van der Waals surface area contributed by atoms with E-state index in [1.54, 1.807) is 18.2 Å². The highest BCUT2D eigenvalue weighted by molar-refractivity contribution is 6.31. The number of carbonyl (C=O) groups excluding carboxylic acids is 1. The number of nitrogens with zero attached hydrogens (tertiary/aromatic N) is 1. The highest BCUT2D eigenvalue weighted by atomic mass is 35.5. The summed E-state index contributed by atoms with van der Waals surface area (Å²) >= 11 is 12.0. The molecule has 0 aliphatic carbocycles. The van der Waals surface area contributed by atoms with Gasteiger partial charge < -0.3 is 24.8 Å². The van der Waals surface area contributed by atoms with Gasteiger partial charge in [-0.25, -0.2) is 0 Å². The van der Waals surface area contributed by atoms with Crippen LogP contribution in [-0.2, 0) is 4.79 Å². The van der Waals surface area contributed by atoms with Gasteiger partial charge >= 0.3 is 0 Å². The van der Waals surface area contributed by atoms with Crippen molar-refractivity contribution in [2.75, 3.05) is 38.7 Å². The van der Waals surface area contributed by atoms with Crippen molar-refractivity contribution in [2.24, 2.45) is 5.41 Å². The minimum Gasteiger partial charge on any atom is -0.491 e. The highest BCUT2D eigenvalue weighted by Gasteiger charge is 2.37. The van der Waals surface area contributed by atoms with Crippen LogP contribution in [0.2, 0.25) is 10.0 Å². The van der Waals surface area contributed by atoms with Crippen molar-refractivity contribution in [2.45, 2.75) is 39.7 Å². The number of likely N-dealkylation sites (tertiary alicyclic amines) is 1. The summed E-state index contributed by atoms with van der Waals surface area (Å²) in [7, 11) is 1.00. The minimum absolute atomic E-state index is 0.0352. The summed E-state index contributed by atoms with van der Waals surface area (Å²) in [5.74, 6) is 1.34. The highest BCUT2D eigenvalue weighted by Crippen LogP contribution is 2.33. The van der Waals surface area contributed by atoms with E-state index in [1.165, 1.54) is 6.92 Å². The molecular formula is C25H34Cl2N2O4. The Hall–Kier alpha value is -1.99. The summed E-state index contributed by atoms with van der Waals surface area (Å²) in [6, 6.07) is 12.8. The van der Waals surface area contributed by atoms with Crippen molar-refractivity contribution in [3.05, 3.63) is 52.5 Å². The first-order valence-electron chi connectivity index (χ1n) is 11.0. The Labute approximate surface area is 206 Å². The fraction of sp³-hybridized carbons (Fsp3) is 0.480. The van der Waals surface area contributed by atoms with E-state index in [-0.39, 0.29) is 17.4 Å². The molecule has 1 amide bonds. The molecule has 0 spiro atoms. The second-order valence-corrected chi connectivity index (χ2v) is 9.51. The maximum absolute atomic E-state index is 11.4. The van der Waals surface area contributed by atoms with E-state index >= 15 is 0 Å². The standard InChI is InChI=1S/C24H30Cl2N2O3.CH4O/c1-17(29)27-21-15-19(26)7-10-22(21)30-14-4-12-28-13-11-23(24(2,3)16-28)31-20-8-5-18(25)6-9-20;1-2/h5-10,15,23H,4,11-14,16H2,1-3H3,(H,27,29);2H,1H3. The van der Waals surface area contributed by atoms with Gasteiger partial charge in [-0.3, -0.25) is 4.79 Å². The van der Waals surface area contributed by atoms with E-state index in [0.717, 1.165) is 45.3 Å². The normalized spacial score (nSPS) is 17.5. The molecule has 0 bridgehead atoms. The van der Waals surface area contributed by atoms with E-state index < -0.39 is 0 Å². The number of amides is 1. The predicted molar refractivity (Wildman–Crippen MR) is 135 cm³/mol. The van der Waals surface area contributed by atoms with Crippen LogP contribution in [0.4, 0.5) is 5.69 Å². The van der Waals surface area contributed by atoms with Gasteiger partial charge in [0, 0.05) is 49.1 Å². The van der Waals surface area contributed by atoms with E-state index in [2.05, 4.69) is 24.1 Å². The predicted octanol–water partition coefficient (Wildman–Crippen LogP) is 5.51. The monoisotopic (exact) mass is 496 g/mol. The molecule has 2 N–H and O–H groups in total. The smallest absolute Gasteiger partial charge is 0.221 e. The Morgan fingerprint density at radius 1 is 1.15 bits per heavy atom. The topological polar surface area (TPSA) is 71.0 Å². The first-order valence-corrected chi connectivity index (χ1v) is 11.8. The number of hydrogen-bond acceptors (Lipinski definition) is 5. The van der Waals surface area contributed by atoms with Gasteiger partial charge in [0.2, 0.25) is 5.91 Å². The third-order valence-electron chi connectivity index (χ3n) is 5.43. The third kappa shape index (κ3) is 8.70. The zero-order chi connectivity index (χ0) is 24.4. The van der Waals surface area contributed by atoms with Crippen molar-refractivity contribution in [1.82, 2.24) is 4.90 Å². The fourth-order valence-corrected chi connectivity index (χ4v) is 4.22. The second-order valence-electron chi connectivity index (χ2n) is 8.64. The summed E-state index contributed by atoms with van der Waals surface area (Å²) in [6.07, 6.45) is 2.02. The second kappa shape index (κ2) is 13.0. The van der Waals surface area contributed by atoms with E-state index in [9.17, 15) is 4.79 Å². The average Bonchev–Trinajstić information content (AvgIpc) is 2.76. The Morgan fingerprint density at radius 2 is 1.82 bits per heavy atom. The van der Waals surface area contributed by atoms with Crippen LogP contribution < -0.4 is 14.8 Å². The lowest BCUT2D eigenvalue weighted by Crippen LogP contribution is -2.51. The number of rotatable bonds is 8. The number of carbonyl (C=O) groups is 1. The molecule has 6 nitrogen and oxygen atoms in total. The summed E-state index contributed by atoms with van der Waals surface area (Å²) in [5.41, 5.74) is 0.634. The SMILES string of the molecule is CC(=O)Nc1cc(Cl)ccc1OCCCN1CCC(Oc2ccc(Cl)cc2)C(C)(C)C1.CO. The van der Waals surface area contributed by atoms with Crippen LogP contribution in [0.1, 0.15) is 33.6 Å². The van der Waals surface area contributed by atoms with Crippen molar-refractivity contribution in [3.63, 3.8) is 0 Å². The number of piperidine rings is 1. The van der Waals surface area contributed by atoms with Crippen LogP contribution in [0, 0.1) is 5.41 Å². The molecule has 1 saturated heterocycles. The molecule has 1 atom stereocenters. The lowest BCUT2D eigenvalue weighted by molar-refractivity contribution is -0.114. The van der Waals surface area contributed by atoms with Crippen molar-refractivity contribution < 1.29 is 19.4 Å². The molecule has 0 radical (unpaired) electrons. The number of aliphatic hydroxyl groups is 1. The van der Waals surface area contributed by atoms with Gasteiger partial charge in [-0.15, -0.1) is 0 Å². The van der Waals surface area contributed by atoms with Gasteiger partial charge in [0.05, 0.1) is 12.3 Å². The van der Waals surface area contributed by atoms with Gasteiger partial charge in [-0.05, 0) is 55.3 Å². The lowest BCUT2D eigenvalue weighted by atomic mass is 9.81.